The Kier molecular flexibility index (Phi) is 4.04. The van der Waals surface area contributed by atoms with Gasteiger partial charge in [0.25, 0.3) is 5.91 Å². The van der Waals surface area contributed by atoms with Crippen LogP contribution in [0.5, 0.6) is 0 Å². The smallest absolute Gasteiger partial charge is 0.266 e. The number of aryl methyl sites for hydroxylation is 2. The van der Waals surface area contributed by atoms with Crippen molar-refractivity contribution in [1.29, 1.82) is 0 Å². The normalized spacial score (nSPS) is 17.2. The van der Waals surface area contributed by atoms with Crippen LogP contribution in [0.3, 0.4) is 0 Å². The molecule has 7 nitrogen and oxygen atoms in total. The summed E-state index contributed by atoms with van der Waals surface area (Å²) in [4.78, 5) is 28.5. The summed E-state index contributed by atoms with van der Waals surface area (Å²) < 4.78 is 5.45. The molecule has 1 fully saturated rings. The van der Waals surface area contributed by atoms with Gasteiger partial charge in [0.15, 0.2) is 0 Å². The summed E-state index contributed by atoms with van der Waals surface area (Å²) >= 11 is 1.43. The highest BCUT2D eigenvalue weighted by molar-refractivity contribution is 7.13. The van der Waals surface area contributed by atoms with Crippen molar-refractivity contribution >= 4 is 17.2 Å². The Hall–Kier alpha value is -2.61. The first-order valence-electron chi connectivity index (χ1n) is 8.13. The molecule has 0 unspecified atom stereocenters. The number of rotatable bonds is 3. The number of likely N-dealkylation sites (tertiary alicyclic amines) is 1. The zero-order valence-electron chi connectivity index (χ0n) is 14.0. The second-order valence-corrected chi connectivity index (χ2v) is 7.18. The Balaban J connectivity index is 1.61. The highest BCUT2D eigenvalue weighted by Crippen LogP contribution is 2.34. The molecule has 3 aromatic rings. The van der Waals surface area contributed by atoms with E-state index in [1.807, 2.05) is 36.9 Å². The van der Waals surface area contributed by atoms with E-state index in [1.165, 1.54) is 11.3 Å². The average molecular weight is 355 g/mol. The number of carbonyl (C=O) groups excluding carboxylic acids is 1. The first-order valence-corrected chi connectivity index (χ1v) is 8.95. The zero-order valence-corrected chi connectivity index (χ0v) is 14.8. The molecule has 0 aromatic carbocycles. The number of aromatic nitrogens is 4. The van der Waals surface area contributed by atoms with Crippen LogP contribution in [-0.2, 0) is 0 Å². The lowest BCUT2D eigenvalue weighted by molar-refractivity contribution is 0.0714. The number of amides is 1. The molecule has 4 heterocycles. The molecule has 8 heteroatoms. The van der Waals surface area contributed by atoms with Crippen LogP contribution in [0, 0.1) is 13.8 Å². The number of hydrogen-bond donors (Lipinski definition) is 0. The third-order valence-electron chi connectivity index (χ3n) is 4.23. The number of carbonyl (C=O) groups is 1. The highest BCUT2D eigenvalue weighted by atomic mass is 32.1. The third kappa shape index (κ3) is 2.93. The number of hydrogen-bond acceptors (Lipinski definition) is 7. The molecule has 0 bridgehead atoms. The quantitative estimate of drug-likeness (QED) is 0.717. The van der Waals surface area contributed by atoms with Gasteiger partial charge in [-0.2, -0.15) is 4.98 Å². The van der Waals surface area contributed by atoms with Crippen LogP contribution in [0.4, 0.5) is 0 Å². The fourth-order valence-electron chi connectivity index (χ4n) is 3.10. The molecule has 1 amide bonds. The summed E-state index contributed by atoms with van der Waals surface area (Å²) in [6.07, 6.45) is 3.41. The van der Waals surface area contributed by atoms with Gasteiger partial charge in [-0.1, -0.05) is 11.2 Å². The summed E-state index contributed by atoms with van der Waals surface area (Å²) in [5, 5.41) is 4.92. The van der Waals surface area contributed by atoms with Crippen molar-refractivity contribution in [3.8, 4) is 11.5 Å². The maximum absolute atomic E-state index is 12.9. The second-order valence-electron chi connectivity index (χ2n) is 5.98. The average Bonchev–Trinajstić information content (AvgIpc) is 3.33. The van der Waals surface area contributed by atoms with Crippen molar-refractivity contribution in [2.45, 2.75) is 32.7 Å². The van der Waals surface area contributed by atoms with Gasteiger partial charge < -0.3 is 9.42 Å². The Morgan fingerprint density at radius 2 is 2.20 bits per heavy atom. The van der Waals surface area contributed by atoms with Gasteiger partial charge in [0, 0.05) is 12.7 Å². The molecule has 4 rings (SSSR count). The van der Waals surface area contributed by atoms with Crippen molar-refractivity contribution in [1.82, 2.24) is 25.0 Å². The van der Waals surface area contributed by atoms with Crippen molar-refractivity contribution in [3.05, 3.63) is 45.9 Å². The third-order valence-corrected chi connectivity index (χ3v) is 5.29. The SMILES string of the molecule is Cc1nc(C)c(C(=O)N2CCC[C@@H]2c2nc(-c3ccccn3)no2)s1. The van der Waals surface area contributed by atoms with Crippen LogP contribution in [0.1, 0.15) is 45.1 Å². The molecule has 1 aliphatic rings. The molecular weight excluding hydrogens is 338 g/mol. The van der Waals surface area contributed by atoms with Crippen LogP contribution in [-0.4, -0.2) is 37.5 Å². The lowest BCUT2D eigenvalue weighted by Gasteiger charge is -2.21. The Labute approximate surface area is 148 Å². The monoisotopic (exact) mass is 355 g/mol. The Bertz CT molecular complexity index is 905. The number of thiazole rings is 1. The van der Waals surface area contributed by atoms with Crippen LogP contribution < -0.4 is 0 Å². The van der Waals surface area contributed by atoms with Crippen LogP contribution in [0.2, 0.25) is 0 Å². The maximum Gasteiger partial charge on any atom is 0.266 e. The van der Waals surface area contributed by atoms with Gasteiger partial charge in [-0.05, 0) is 38.8 Å². The lowest BCUT2D eigenvalue weighted by atomic mass is 10.2. The van der Waals surface area contributed by atoms with E-state index in [-0.39, 0.29) is 11.9 Å². The summed E-state index contributed by atoms with van der Waals surface area (Å²) in [7, 11) is 0. The molecule has 128 valence electrons. The molecule has 0 saturated carbocycles. The molecule has 1 aliphatic heterocycles. The van der Waals surface area contributed by atoms with Crippen molar-refractivity contribution in [2.24, 2.45) is 0 Å². The largest absolute Gasteiger partial charge is 0.337 e. The van der Waals surface area contributed by atoms with Crippen LogP contribution in [0.25, 0.3) is 11.5 Å². The maximum atomic E-state index is 12.9. The van der Waals surface area contributed by atoms with E-state index in [0.717, 1.165) is 23.5 Å². The zero-order chi connectivity index (χ0) is 17.4. The van der Waals surface area contributed by atoms with E-state index in [2.05, 4.69) is 20.1 Å². The molecule has 3 aromatic heterocycles. The molecule has 25 heavy (non-hydrogen) atoms. The predicted octanol–water partition coefficient (Wildman–Crippen LogP) is 3.18. The van der Waals surface area contributed by atoms with Gasteiger partial charge in [-0.3, -0.25) is 9.78 Å². The van der Waals surface area contributed by atoms with Crippen molar-refractivity contribution < 1.29 is 9.32 Å². The Morgan fingerprint density at radius 1 is 1.32 bits per heavy atom. The van der Waals surface area contributed by atoms with E-state index in [4.69, 9.17) is 4.52 Å². The van der Waals surface area contributed by atoms with Crippen LogP contribution >= 0.6 is 11.3 Å². The number of nitrogens with zero attached hydrogens (tertiary/aromatic N) is 5. The van der Waals surface area contributed by atoms with Crippen LogP contribution in [0.15, 0.2) is 28.9 Å². The number of pyridine rings is 1. The van der Waals surface area contributed by atoms with E-state index in [9.17, 15) is 4.79 Å². The first-order chi connectivity index (χ1) is 12.1. The highest BCUT2D eigenvalue weighted by Gasteiger charge is 2.36. The van der Waals surface area contributed by atoms with Gasteiger partial charge >= 0.3 is 0 Å². The van der Waals surface area contributed by atoms with Crippen molar-refractivity contribution in [3.63, 3.8) is 0 Å². The molecule has 1 atom stereocenters. The second kappa shape index (κ2) is 6.36. The minimum atomic E-state index is -0.195. The first kappa shape index (κ1) is 15.9. The summed E-state index contributed by atoms with van der Waals surface area (Å²) in [6, 6.07) is 5.34. The topological polar surface area (TPSA) is 85.0 Å². The minimum Gasteiger partial charge on any atom is -0.337 e. The molecule has 0 spiro atoms. The van der Waals surface area contributed by atoms with E-state index in [0.29, 0.717) is 28.8 Å². The molecular formula is C17H17N5O2S. The van der Waals surface area contributed by atoms with E-state index in [1.54, 1.807) is 6.20 Å². The molecule has 0 radical (unpaired) electrons. The predicted molar refractivity (Wildman–Crippen MR) is 92.1 cm³/mol. The van der Waals surface area contributed by atoms with Gasteiger partial charge in [0.2, 0.25) is 11.7 Å². The molecule has 0 aliphatic carbocycles. The Morgan fingerprint density at radius 3 is 2.92 bits per heavy atom. The summed E-state index contributed by atoms with van der Waals surface area (Å²) in [6.45, 7) is 4.46. The molecule has 1 saturated heterocycles. The summed E-state index contributed by atoms with van der Waals surface area (Å²) in [5.41, 5.74) is 1.43. The van der Waals surface area contributed by atoms with E-state index >= 15 is 0 Å². The molecule has 0 N–H and O–H groups in total. The van der Waals surface area contributed by atoms with Gasteiger partial charge in [-0.25, -0.2) is 4.98 Å². The minimum absolute atomic E-state index is 0.0109. The lowest BCUT2D eigenvalue weighted by Crippen LogP contribution is -2.30. The van der Waals surface area contributed by atoms with E-state index < -0.39 is 0 Å². The van der Waals surface area contributed by atoms with Crippen molar-refractivity contribution in [2.75, 3.05) is 6.54 Å². The standard InChI is InChI=1S/C17H17N5O2S/c1-10-14(25-11(2)19-10)17(23)22-9-5-7-13(22)16-20-15(21-24-16)12-6-3-4-8-18-12/h3-4,6,8,13H,5,7,9H2,1-2H3/t13-/m1/s1. The fourth-order valence-corrected chi connectivity index (χ4v) is 3.97. The van der Waals surface area contributed by atoms with Gasteiger partial charge in [-0.15, -0.1) is 11.3 Å². The van der Waals surface area contributed by atoms with Gasteiger partial charge in [0.1, 0.15) is 16.6 Å². The van der Waals surface area contributed by atoms with Gasteiger partial charge in [0.05, 0.1) is 10.7 Å². The summed E-state index contributed by atoms with van der Waals surface area (Å²) in [5.74, 6) is 0.897. The fraction of sp³-hybridized carbons (Fsp3) is 0.353.